The Morgan fingerprint density at radius 3 is 2.56 bits per heavy atom. The quantitative estimate of drug-likeness (QED) is 0.448. The number of carbonyl (C=O) groups excluding carboxylic acids is 1. The van der Waals surface area contributed by atoms with Crippen molar-refractivity contribution in [3.05, 3.63) is 30.1 Å². The second-order valence-electron chi connectivity index (χ2n) is 3.43. The summed E-state index contributed by atoms with van der Waals surface area (Å²) >= 11 is 0. The molecule has 0 aliphatic carbocycles. The Kier molecular flexibility index (Phi) is 4.62. The largest absolute Gasteiger partial charge is 0.293 e. The van der Waals surface area contributed by atoms with E-state index >= 15 is 0 Å². The Balaban J connectivity index is 3.22. The first kappa shape index (κ1) is 14.4. The molecule has 1 aromatic carbocycles. The number of rotatable bonds is 5. The van der Waals surface area contributed by atoms with Gasteiger partial charge in [0.15, 0.2) is 0 Å². The van der Waals surface area contributed by atoms with E-state index in [4.69, 9.17) is 5.84 Å². The molecule has 100 valence electrons. The van der Waals surface area contributed by atoms with Crippen molar-refractivity contribution in [1.29, 1.82) is 0 Å². The van der Waals surface area contributed by atoms with E-state index in [1.165, 1.54) is 25.1 Å². The van der Waals surface area contributed by atoms with E-state index in [9.17, 15) is 17.6 Å². The van der Waals surface area contributed by atoms with Gasteiger partial charge in [-0.2, -0.15) is 0 Å². The van der Waals surface area contributed by atoms with Crippen molar-refractivity contribution in [3.8, 4) is 0 Å². The molecule has 0 radical (unpaired) electrons. The van der Waals surface area contributed by atoms with Gasteiger partial charge in [-0.25, -0.2) is 18.7 Å². The van der Waals surface area contributed by atoms with Gasteiger partial charge in [0, 0.05) is 0 Å². The van der Waals surface area contributed by atoms with Gasteiger partial charge in [0.05, 0.1) is 11.4 Å². The summed E-state index contributed by atoms with van der Waals surface area (Å²) in [5, 5.41) is 0. The van der Waals surface area contributed by atoms with E-state index in [2.05, 4.69) is 0 Å². The Morgan fingerprint density at radius 1 is 1.44 bits per heavy atom. The van der Waals surface area contributed by atoms with E-state index in [0.717, 1.165) is 6.07 Å². The molecule has 0 saturated carbocycles. The van der Waals surface area contributed by atoms with Gasteiger partial charge in [0.25, 0.3) is 5.91 Å². The minimum absolute atomic E-state index is 0.178. The summed E-state index contributed by atoms with van der Waals surface area (Å²) in [5.41, 5.74) is 1.64. The summed E-state index contributed by atoms with van der Waals surface area (Å²) in [6.07, 6.45) is 0. The molecule has 18 heavy (non-hydrogen) atoms. The molecule has 0 saturated heterocycles. The Morgan fingerprint density at radius 2 is 2.06 bits per heavy atom. The molecule has 3 N–H and O–H groups in total. The molecule has 0 atom stereocenters. The number of halogens is 1. The molecule has 0 unspecified atom stereocenters. The van der Waals surface area contributed by atoms with E-state index in [0.29, 0.717) is 4.31 Å². The molecular weight excluding hydrogens is 261 g/mol. The lowest BCUT2D eigenvalue weighted by molar-refractivity contribution is -0.119. The first-order valence-electron chi connectivity index (χ1n) is 5.16. The average Bonchev–Trinajstić information content (AvgIpc) is 2.36. The fraction of sp³-hybridized carbons (Fsp3) is 0.300. The maximum atomic E-state index is 13.6. The van der Waals surface area contributed by atoms with Crippen molar-refractivity contribution in [2.45, 2.75) is 6.92 Å². The van der Waals surface area contributed by atoms with Gasteiger partial charge in [-0.05, 0) is 19.1 Å². The topological polar surface area (TPSA) is 92.5 Å². The molecular formula is C10H14FN3O3S. The minimum Gasteiger partial charge on any atom is -0.293 e. The highest BCUT2D eigenvalue weighted by Crippen LogP contribution is 2.21. The van der Waals surface area contributed by atoms with Gasteiger partial charge < -0.3 is 0 Å². The smallest absolute Gasteiger partial charge is 0.254 e. The highest BCUT2D eigenvalue weighted by atomic mass is 32.2. The van der Waals surface area contributed by atoms with Crippen molar-refractivity contribution in [2.24, 2.45) is 5.84 Å². The molecule has 1 amide bonds. The van der Waals surface area contributed by atoms with Crippen LogP contribution in [0.4, 0.5) is 10.1 Å². The number of hydrogen-bond acceptors (Lipinski definition) is 4. The third-order valence-electron chi connectivity index (χ3n) is 2.27. The number of nitrogens with two attached hydrogens (primary N) is 1. The predicted octanol–water partition coefficient (Wildman–Crippen LogP) is -0.0283. The van der Waals surface area contributed by atoms with Crippen LogP contribution in [0.2, 0.25) is 0 Å². The monoisotopic (exact) mass is 275 g/mol. The number of para-hydroxylation sites is 1. The SMILES string of the molecule is CCS(=O)(=O)N(CC(=O)NN)c1ccccc1F. The summed E-state index contributed by atoms with van der Waals surface area (Å²) in [4.78, 5) is 11.2. The number of hydrazine groups is 1. The standard InChI is InChI=1S/C10H14FN3O3S/c1-2-18(16,17)14(7-10(15)13-12)9-6-4-3-5-8(9)11/h3-6H,2,7,12H2,1H3,(H,13,15). The normalized spacial score (nSPS) is 11.1. The van der Waals surface area contributed by atoms with Crippen molar-refractivity contribution >= 4 is 21.6 Å². The summed E-state index contributed by atoms with van der Waals surface area (Å²) < 4.78 is 38.0. The van der Waals surface area contributed by atoms with Gasteiger partial charge in [0.1, 0.15) is 12.4 Å². The van der Waals surface area contributed by atoms with Crippen molar-refractivity contribution in [3.63, 3.8) is 0 Å². The van der Waals surface area contributed by atoms with Crippen LogP contribution < -0.4 is 15.6 Å². The van der Waals surface area contributed by atoms with E-state index < -0.39 is 28.3 Å². The maximum absolute atomic E-state index is 13.6. The van der Waals surface area contributed by atoms with Gasteiger partial charge in [0.2, 0.25) is 10.0 Å². The third-order valence-corrected chi connectivity index (χ3v) is 4.00. The molecule has 0 aromatic heterocycles. The van der Waals surface area contributed by atoms with Crippen LogP contribution in [0.15, 0.2) is 24.3 Å². The third kappa shape index (κ3) is 3.17. The second kappa shape index (κ2) is 5.78. The second-order valence-corrected chi connectivity index (χ2v) is 5.61. The van der Waals surface area contributed by atoms with E-state index in [1.54, 1.807) is 0 Å². The Hall–Kier alpha value is -1.67. The highest BCUT2D eigenvalue weighted by Gasteiger charge is 2.25. The van der Waals surface area contributed by atoms with E-state index in [-0.39, 0.29) is 11.4 Å². The number of carbonyl (C=O) groups is 1. The van der Waals surface area contributed by atoms with Crippen LogP contribution in [0.1, 0.15) is 6.92 Å². The van der Waals surface area contributed by atoms with Crippen LogP contribution in [-0.4, -0.2) is 26.6 Å². The van der Waals surface area contributed by atoms with Crippen LogP contribution in [0.3, 0.4) is 0 Å². The van der Waals surface area contributed by atoms with E-state index in [1.807, 2.05) is 5.43 Å². The molecule has 1 rings (SSSR count). The number of sulfonamides is 1. The number of nitrogens with zero attached hydrogens (tertiary/aromatic N) is 1. The molecule has 0 heterocycles. The number of hydrogen-bond donors (Lipinski definition) is 2. The number of nitrogens with one attached hydrogen (secondary N) is 1. The lowest BCUT2D eigenvalue weighted by Gasteiger charge is -2.23. The molecule has 6 nitrogen and oxygen atoms in total. The van der Waals surface area contributed by atoms with Gasteiger partial charge in [-0.15, -0.1) is 0 Å². The molecule has 0 aliphatic heterocycles. The van der Waals surface area contributed by atoms with Crippen LogP contribution in [0.25, 0.3) is 0 Å². The first-order valence-corrected chi connectivity index (χ1v) is 6.77. The van der Waals surface area contributed by atoms with Crippen LogP contribution in [0, 0.1) is 5.82 Å². The zero-order valence-corrected chi connectivity index (χ0v) is 10.6. The number of amides is 1. The zero-order chi connectivity index (χ0) is 13.8. The lowest BCUT2D eigenvalue weighted by Crippen LogP contribution is -2.44. The molecule has 0 fully saturated rings. The number of benzene rings is 1. The predicted molar refractivity (Wildman–Crippen MR) is 65.5 cm³/mol. The molecule has 1 aromatic rings. The summed E-state index contributed by atoms with van der Waals surface area (Å²) in [6.45, 7) is 0.844. The van der Waals surface area contributed by atoms with Gasteiger partial charge in [-0.1, -0.05) is 12.1 Å². The zero-order valence-electron chi connectivity index (χ0n) is 9.76. The van der Waals surface area contributed by atoms with Gasteiger partial charge >= 0.3 is 0 Å². The number of anilines is 1. The highest BCUT2D eigenvalue weighted by molar-refractivity contribution is 7.92. The minimum atomic E-state index is -3.76. The Labute approximate surface area is 105 Å². The molecule has 0 spiro atoms. The van der Waals surface area contributed by atoms with Crippen LogP contribution in [0.5, 0.6) is 0 Å². The van der Waals surface area contributed by atoms with Crippen molar-refractivity contribution < 1.29 is 17.6 Å². The fourth-order valence-electron chi connectivity index (χ4n) is 1.32. The summed E-state index contributed by atoms with van der Waals surface area (Å²) in [7, 11) is -3.76. The molecule has 8 heteroatoms. The van der Waals surface area contributed by atoms with Crippen molar-refractivity contribution in [2.75, 3.05) is 16.6 Å². The lowest BCUT2D eigenvalue weighted by atomic mass is 10.3. The fourth-order valence-corrected chi connectivity index (χ4v) is 2.39. The Bertz CT molecular complexity index is 533. The molecule has 0 aliphatic rings. The summed E-state index contributed by atoms with van der Waals surface area (Å²) in [5.74, 6) is 3.21. The van der Waals surface area contributed by atoms with Crippen LogP contribution >= 0.6 is 0 Å². The maximum Gasteiger partial charge on any atom is 0.254 e. The average molecular weight is 275 g/mol. The van der Waals surface area contributed by atoms with Crippen LogP contribution in [-0.2, 0) is 14.8 Å². The van der Waals surface area contributed by atoms with Crippen molar-refractivity contribution in [1.82, 2.24) is 5.43 Å². The first-order chi connectivity index (χ1) is 8.42. The summed E-state index contributed by atoms with van der Waals surface area (Å²) in [6, 6.07) is 5.32. The molecule has 0 bridgehead atoms. The van der Waals surface area contributed by atoms with Gasteiger partial charge in [-0.3, -0.25) is 14.5 Å².